The second kappa shape index (κ2) is 13.4. The van der Waals surface area contributed by atoms with Gasteiger partial charge in [-0.1, -0.05) is 133 Å². The lowest BCUT2D eigenvalue weighted by atomic mass is 9.84. The number of pyridine rings is 2. The molecule has 0 aliphatic rings. The summed E-state index contributed by atoms with van der Waals surface area (Å²) in [5.74, 6) is 1.68. The van der Waals surface area contributed by atoms with E-state index in [1.807, 2.05) is 50.2 Å². The van der Waals surface area contributed by atoms with Gasteiger partial charge in [-0.05, 0) is 145 Å². The minimum atomic E-state index is 0.838. The molecular formula is C52H37N3. The van der Waals surface area contributed by atoms with E-state index in [9.17, 15) is 0 Å². The third-order valence-corrected chi connectivity index (χ3v) is 10.8. The molecule has 10 aromatic rings. The van der Waals surface area contributed by atoms with Crippen molar-refractivity contribution in [3.63, 3.8) is 0 Å². The minimum absolute atomic E-state index is 0.838. The molecule has 0 saturated heterocycles. The number of hydrogen-bond acceptors (Lipinski definition) is 3. The number of anilines is 3. The SMILES string of the molecule is Cc1cccc(N(c2ccc(-c3ccc4c(-c5ccc6ccccc6c5)c5ccccc5c(-c5ccc6ccccc6c5)c4c3)cc2)c2cccc(C)n2)n1. The first-order valence-corrected chi connectivity index (χ1v) is 18.8. The van der Waals surface area contributed by atoms with Gasteiger partial charge in [-0.3, -0.25) is 4.90 Å². The van der Waals surface area contributed by atoms with Crippen LogP contribution in [0.25, 0.3) is 76.5 Å². The summed E-state index contributed by atoms with van der Waals surface area (Å²) in [4.78, 5) is 11.9. The van der Waals surface area contributed by atoms with Crippen LogP contribution in [0.3, 0.4) is 0 Å². The van der Waals surface area contributed by atoms with Crippen molar-refractivity contribution in [3.05, 3.63) is 199 Å². The van der Waals surface area contributed by atoms with Crippen LogP contribution in [0.2, 0.25) is 0 Å². The van der Waals surface area contributed by atoms with Crippen LogP contribution in [0, 0.1) is 13.8 Å². The quantitative estimate of drug-likeness (QED) is 0.161. The fraction of sp³-hybridized carbons (Fsp3) is 0.0385. The Hall–Kier alpha value is -7.10. The molecule has 0 unspecified atom stereocenters. The average Bonchev–Trinajstić information content (AvgIpc) is 3.23. The van der Waals surface area contributed by atoms with Crippen LogP contribution in [-0.4, -0.2) is 9.97 Å². The first kappa shape index (κ1) is 32.5. The van der Waals surface area contributed by atoms with Crippen molar-refractivity contribution in [2.24, 2.45) is 0 Å². The molecule has 8 aromatic carbocycles. The molecule has 0 aliphatic carbocycles. The van der Waals surface area contributed by atoms with Crippen molar-refractivity contribution in [2.75, 3.05) is 4.90 Å². The van der Waals surface area contributed by atoms with Crippen molar-refractivity contribution >= 4 is 60.4 Å². The number of rotatable bonds is 6. The zero-order chi connectivity index (χ0) is 36.9. The van der Waals surface area contributed by atoms with Gasteiger partial charge in [0.25, 0.3) is 0 Å². The van der Waals surface area contributed by atoms with Crippen LogP contribution < -0.4 is 4.90 Å². The number of benzene rings is 8. The highest BCUT2D eigenvalue weighted by molar-refractivity contribution is 6.22. The third-order valence-electron chi connectivity index (χ3n) is 10.8. The number of nitrogens with zero attached hydrogens (tertiary/aromatic N) is 3. The van der Waals surface area contributed by atoms with E-state index in [4.69, 9.17) is 9.97 Å². The molecule has 0 amide bonds. The van der Waals surface area contributed by atoms with Crippen LogP contribution in [0.15, 0.2) is 188 Å². The summed E-state index contributed by atoms with van der Waals surface area (Å²) in [6.45, 7) is 4.05. The molecule has 55 heavy (non-hydrogen) atoms. The largest absolute Gasteiger partial charge is 0.279 e. The highest BCUT2D eigenvalue weighted by atomic mass is 15.2. The van der Waals surface area contributed by atoms with Gasteiger partial charge >= 0.3 is 0 Å². The summed E-state index contributed by atoms with van der Waals surface area (Å²) in [6, 6.07) is 68.0. The van der Waals surface area contributed by atoms with Crippen molar-refractivity contribution in [3.8, 4) is 33.4 Å². The summed E-state index contributed by atoms with van der Waals surface area (Å²) >= 11 is 0. The van der Waals surface area contributed by atoms with Gasteiger partial charge in [0.2, 0.25) is 0 Å². The average molecular weight is 704 g/mol. The Kier molecular flexibility index (Phi) is 7.92. The molecular weight excluding hydrogens is 667 g/mol. The van der Waals surface area contributed by atoms with Gasteiger partial charge in [0.15, 0.2) is 0 Å². The molecule has 10 rings (SSSR count). The number of hydrogen-bond donors (Lipinski definition) is 0. The van der Waals surface area contributed by atoms with E-state index in [2.05, 4.69) is 157 Å². The van der Waals surface area contributed by atoms with Gasteiger partial charge in [-0.25, -0.2) is 9.97 Å². The fourth-order valence-electron chi connectivity index (χ4n) is 8.16. The van der Waals surface area contributed by atoms with Crippen LogP contribution >= 0.6 is 0 Å². The molecule has 0 N–H and O–H groups in total. The van der Waals surface area contributed by atoms with E-state index in [1.54, 1.807) is 0 Å². The van der Waals surface area contributed by atoms with E-state index in [0.717, 1.165) is 39.8 Å². The molecule has 3 nitrogen and oxygen atoms in total. The predicted octanol–water partition coefficient (Wildman–Crippen LogP) is 14.2. The molecule has 260 valence electrons. The van der Waals surface area contributed by atoms with E-state index in [1.165, 1.54) is 65.3 Å². The Balaban J connectivity index is 1.18. The van der Waals surface area contributed by atoms with E-state index < -0.39 is 0 Å². The van der Waals surface area contributed by atoms with E-state index >= 15 is 0 Å². The smallest absolute Gasteiger partial charge is 0.138 e. The zero-order valence-electron chi connectivity index (χ0n) is 30.7. The van der Waals surface area contributed by atoms with Crippen LogP contribution in [0.5, 0.6) is 0 Å². The van der Waals surface area contributed by atoms with Gasteiger partial charge in [-0.15, -0.1) is 0 Å². The summed E-state index contributed by atoms with van der Waals surface area (Å²) < 4.78 is 0. The van der Waals surface area contributed by atoms with Gasteiger partial charge < -0.3 is 0 Å². The maximum Gasteiger partial charge on any atom is 0.138 e. The summed E-state index contributed by atoms with van der Waals surface area (Å²) in [5, 5.41) is 9.92. The Morgan fingerprint density at radius 1 is 0.327 bits per heavy atom. The number of aromatic nitrogens is 2. The molecule has 0 bridgehead atoms. The topological polar surface area (TPSA) is 29.0 Å². The molecule has 0 spiro atoms. The van der Waals surface area contributed by atoms with Crippen LogP contribution in [0.4, 0.5) is 17.3 Å². The Morgan fingerprint density at radius 2 is 0.782 bits per heavy atom. The summed E-state index contributed by atoms with van der Waals surface area (Å²) in [5.41, 5.74) is 10.2. The molecule has 2 aromatic heterocycles. The van der Waals surface area contributed by atoms with E-state index in [-0.39, 0.29) is 0 Å². The third kappa shape index (κ3) is 5.87. The van der Waals surface area contributed by atoms with Gasteiger partial charge in [0.1, 0.15) is 11.6 Å². The van der Waals surface area contributed by atoms with Gasteiger partial charge in [-0.2, -0.15) is 0 Å². The molecule has 0 aliphatic heterocycles. The first-order valence-electron chi connectivity index (χ1n) is 18.8. The maximum atomic E-state index is 4.89. The van der Waals surface area contributed by atoms with Crippen molar-refractivity contribution in [2.45, 2.75) is 13.8 Å². The Labute approximate surface area is 320 Å². The maximum absolute atomic E-state index is 4.89. The summed E-state index contributed by atoms with van der Waals surface area (Å²) in [6.07, 6.45) is 0. The first-order chi connectivity index (χ1) is 27.1. The minimum Gasteiger partial charge on any atom is -0.279 e. The van der Waals surface area contributed by atoms with Crippen molar-refractivity contribution < 1.29 is 0 Å². The zero-order valence-corrected chi connectivity index (χ0v) is 30.7. The number of fused-ring (bicyclic) bond motifs is 4. The highest BCUT2D eigenvalue weighted by Crippen LogP contribution is 2.46. The normalized spacial score (nSPS) is 11.5. The van der Waals surface area contributed by atoms with Crippen molar-refractivity contribution in [1.82, 2.24) is 9.97 Å². The van der Waals surface area contributed by atoms with Gasteiger partial charge in [0, 0.05) is 17.1 Å². The molecule has 0 radical (unpaired) electrons. The number of aryl methyl sites for hydroxylation is 2. The molecule has 3 heteroatoms. The molecule has 0 atom stereocenters. The lowest BCUT2D eigenvalue weighted by Gasteiger charge is -2.24. The Morgan fingerprint density at radius 3 is 1.33 bits per heavy atom. The van der Waals surface area contributed by atoms with Crippen LogP contribution in [-0.2, 0) is 0 Å². The monoisotopic (exact) mass is 703 g/mol. The van der Waals surface area contributed by atoms with E-state index in [0.29, 0.717) is 0 Å². The standard InChI is InChI=1S/C52H37N3/c1-34-11-9-19-49(53-34)55(50-20-10-12-35(2)54-50)44-28-25-38(26-29-44)41-27-30-47-48(33-41)52(43-24-22-37-14-4-6-16-40(37)32-43)46-18-8-7-17-45(46)51(47)42-23-21-36-13-3-5-15-39(36)31-42/h3-33H,1-2H3. The lowest BCUT2D eigenvalue weighted by Crippen LogP contribution is -2.13. The summed E-state index contributed by atoms with van der Waals surface area (Å²) in [7, 11) is 0. The molecule has 0 saturated carbocycles. The fourth-order valence-corrected chi connectivity index (χ4v) is 8.16. The molecule has 2 heterocycles. The Bertz CT molecular complexity index is 3030. The second-order valence-electron chi connectivity index (χ2n) is 14.3. The second-order valence-corrected chi connectivity index (χ2v) is 14.3. The van der Waals surface area contributed by atoms with Crippen molar-refractivity contribution in [1.29, 1.82) is 0 Å². The molecule has 0 fully saturated rings. The highest BCUT2D eigenvalue weighted by Gasteiger charge is 2.19. The lowest BCUT2D eigenvalue weighted by molar-refractivity contribution is 1.08. The van der Waals surface area contributed by atoms with Gasteiger partial charge in [0.05, 0.1) is 0 Å². The predicted molar refractivity (Wildman–Crippen MR) is 233 cm³/mol. The van der Waals surface area contributed by atoms with Crippen LogP contribution in [0.1, 0.15) is 11.4 Å².